The molecule has 4 aromatic rings. The standard InChI is InChI=1S/C30H31N5O6S/c1-4-41-21-13-9-8-12-20(21)35(30(38)27-24(31)25(28(32)36)34-42-27)26(19-14-15-22(39-2)23(16-19)40-3)29(37)33-17-18-10-6-5-7-11-18/h5-16,26H,4,17,31H2,1-3H3,(H2,32,36)(H,33,37)/t26-/m1/s1. The van der Waals surface area contributed by atoms with Crippen LogP contribution >= 0.6 is 11.5 Å². The van der Waals surface area contributed by atoms with Gasteiger partial charge in [-0.1, -0.05) is 48.5 Å². The molecule has 3 aromatic carbocycles. The lowest BCUT2D eigenvalue weighted by Gasteiger charge is -2.32. The van der Waals surface area contributed by atoms with Gasteiger partial charge in [-0.15, -0.1) is 0 Å². The van der Waals surface area contributed by atoms with Gasteiger partial charge in [0.2, 0.25) is 5.91 Å². The van der Waals surface area contributed by atoms with Crippen LogP contribution in [0.1, 0.15) is 44.3 Å². The Morgan fingerprint density at radius 3 is 2.29 bits per heavy atom. The van der Waals surface area contributed by atoms with Gasteiger partial charge in [0.05, 0.1) is 32.2 Å². The first kappa shape index (κ1) is 29.9. The van der Waals surface area contributed by atoms with Crippen molar-refractivity contribution in [3.8, 4) is 17.2 Å². The normalized spacial score (nSPS) is 11.3. The topological polar surface area (TPSA) is 159 Å². The number of rotatable bonds is 12. The van der Waals surface area contributed by atoms with Crippen LogP contribution in [0.5, 0.6) is 17.2 Å². The molecule has 42 heavy (non-hydrogen) atoms. The molecule has 11 nitrogen and oxygen atoms in total. The summed E-state index contributed by atoms with van der Waals surface area (Å²) in [4.78, 5) is 41.7. The van der Waals surface area contributed by atoms with E-state index in [2.05, 4.69) is 9.69 Å². The molecule has 0 bridgehead atoms. The Labute approximate surface area is 247 Å². The summed E-state index contributed by atoms with van der Waals surface area (Å²) in [5, 5.41) is 2.95. The summed E-state index contributed by atoms with van der Waals surface area (Å²) in [6.07, 6.45) is 0. The van der Waals surface area contributed by atoms with Gasteiger partial charge in [0.1, 0.15) is 16.7 Å². The first-order valence-corrected chi connectivity index (χ1v) is 13.7. The number of hydrogen-bond donors (Lipinski definition) is 3. The second kappa shape index (κ2) is 13.5. The van der Waals surface area contributed by atoms with Gasteiger partial charge in [0.25, 0.3) is 11.8 Å². The molecule has 5 N–H and O–H groups in total. The van der Waals surface area contributed by atoms with Gasteiger partial charge in [-0.2, -0.15) is 4.37 Å². The van der Waals surface area contributed by atoms with Gasteiger partial charge in [-0.3, -0.25) is 19.3 Å². The molecule has 3 amide bonds. The van der Waals surface area contributed by atoms with Crippen molar-refractivity contribution in [1.29, 1.82) is 0 Å². The Hall–Kier alpha value is -5.10. The van der Waals surface area contributed by atoms with Gasteiger partial charge < -0.3 is 31.0 Å². The van der Waals surface area contributed by atoms with Gasteiger partial charge in [0.15, 0.2) is 17.2 Å². The number of nitrogens with zero attached hydrogens (tertiary/aromatic N) is 2. The Balaban J connectivity index is 1.92. The minimum Gasteiger partial charge on any atom is -0.493 e. The average Bonchev–Trinajstić information content (AvgIpc) is 3.40. The summed E-state index contributed by atoms with van der Waals surface area (Å²) in [5.74, 6) is -0.901. The molecule has 0 saturated carbocycles. The molecule has 0 aliphatic heterocycles. The number of ether oxygens (including phenoxy) is 3. The highest BCUT2D eigenvalue weighted by Gasteiger charge is 2.37. The molecule has 218 valence electrons. The van der Waals surface area contributed by atoms with E-state index in [1.54, 1.807) is 42.5 Å². The van der Waals surface area contributed by atoms with Gasteiger partial charge >= 0.3 is 0 Å². The summed E-state index contributed by atoms with van der Waals surface area (Å²) in [7, 11) is 2.97. The molecule has 0 radical (unpaired) electrons. The fourth-order valence-corrected chi connectivity index (χ4v) is 5.10. The lowest BCUT2D eigenvalue weighted by atomic mass is 10.0. The van der Waals surface area contributed by atoms with E-state index in [0.717, 1.165) is 17.1 Å². The minimum atomic E-state index is -1.25. The number of para-hydroxylation sites is 2. The minimum absolute atomic E-state index is 0.0589. The van der Waals surface area contributed by atoms with Crippen molar-refractivity contribution >= 4 is 40.6 Å². The monoisotopic (exact) mass is 589 g/mol. The van der Waals surface area contributed by atoms with Crippen molar-refractivity contribution in [3.05, 3.63) is 94.5 Å². The summed E-state index contributed by atoms with van der Waals surface area (Å²) in [6.45, 7) is 2.31. The van der Waals surface area contributed by atoms with Crippen LogP contribution in [0.2, 0.25) is 0 Å². The Kier molecular flexibility index (Phi) is 9.61. The number of nitrogens with two attached hydrogens (primary N) is 2. The molecule has 0 aliphatic rings. The molecular weight excluding hydrogens is 558 g/mol. The smallest absolute Gasteiger partial charge is 0.273 e. The number of methoxy groups -OCH3 is 2. The number of hydrogen-bond acceptors (Lipinski definition) is 9. The Bertz CT molecular complexity index is 1580. The summed E-state index contributed by atoms with van der Waals surface area (Å²) in [5.41, 5.74) is 12.8. The number of nitrogens with one attached hydrogen (secondary N) is 1. The molecule has 1 aromatic heterocycles. The average molecular weight is 590 g/mol. The predicted octanol–water partition coefficient (Wildman–Crippen LogP) is 3.94. The number of carbonyl (C=O) groups excluding carboxylic acids is 3. The number of primary amides is 1. The fraction of sp³-hybridized carbons (Fsp3) is 0.200. The van der Waals surface area contributed by atoms with Crippen LogP contribution < -0.4 is 35.9 Å². The lowest BCUT2D eigenvalue weighted by molar-refractivity contribution is -0.122. The molecule has 0 aliphatic carbocycles. The quantitative estimate of drug-likeness (QED) is 0.224. The van der Waals surface area contributed by atoms with E-state index >= 15 is 0 Å². The first-order valence-electron chi connectivity index (χ1n) is 12.9. The summed E-state index contributed by atoms with van der Waals surface area (Å²) >= 11 is 0.719. The van der Waals surface area contributed by atoms with Crippen LogP contribution in [0.3, 0.4) is 0 Å². The van der Waals surface area contributed by atoms with Crippen molar-refractivity contribution in [2.45, 2.75) is 19.5 Å². The first-order chi connectivity index (χ1) is 20.3. The largest absolute Gasteiger partial charge is 0.493 e. The van der Waals surface area contributed by atoms with E-state index in [-0.39, 0.29) is 22.8 Å². The van der Waals surface area contributed by atoms with E-state index in [4.69, 9.17) is 25.7 Å². The maximum atomic E-state index is 14.4. The zero-order chi connectivity index (χ0) is 30.2. The Morgan fingerprint density at radius 2 is 1.64 bits per heavy atom. The van der Waals surface area contributed by atoms with Crippen LogP contribution in [0.25, 0.3) is 0 Å². The molecule has 0 saturated heterocycles. The van der Waals surface area contributed by atoms with Crippen molar-refractivity contribution in [2.24, 2.45) is 5.73 Å². The maximum Gasteiger partial charge on any atom is 0.273 e. The van der Waals surface area contributed by atoms with E-state index in [1.165, 1.54) is 19.1 Å². The van der Waals surface area contributed by atoms with Crippen LogP contribution in [-0.4, -0.2) is 42.9 Å². The third-order valence-corrected chi connectivity index (χ3v) is 7.19. The zero-order valence-electron chi connectivity index (χ0n) is 23.3. The molecule has 0 unspecified atom stereocenters. The number of anilines is 2. The summed E-state index contributed by atoms with van der Waals surface area (Å²) < 4.78 is 20.8. The number of benzene rings is 3. The third kappa shape index (κ3) is 6.28. The van der Waals surface area contributed by atoms with Gasteiger partial charge in [0, 0.05) is 6.54 Å². The molecule has 1 atom stereocenters. The molecule has 0 spiro atoms. The lowest BCUT2D eigenvalue weighted by Crippen LogP contribution is -2.44. The highest BCUT2D eigenvalue weighted by Crippen LogP contribution is 2.40. The SMILES string of the molecule is CCOc1ccccc1N(C(=O)c1snc(C(N)=O)c1N)[C@@H](C(=O)NCc1ccccc1)c1ccc(OC)c(OC)c1. The van der Waals surface area contributed by atoms with E-state index in [1.807, 2.05) is 37.3 Å². The van der Waals surface area contributed by atoms with Crippen molar-refractivity contribution < 1.29 is 28.6 Å². The predicted molar refractivity (Wildman–Crippen MR) is 160 cm³/mol. The van der Waals surface area contributed by atoms with Crippen LogP contribution in [0.15, 0.2) is 72.8 Å². The van der Waals surface area contributed by atoms with Crippen molar-refractivity contribution in [1.82, 2.24) is 9.69 Å². The van der Waals surface area contributed by atoms with Crippen LogP contribution in [0, 0.1) is 0 Å². The van der Waals surface area contributed by atoms with Crippen LogP contribution in [-0.2, 0) is 11.3 Å². The molecular formula is C30H31N5O6S. The van der Waals surface area contributed by atoms with E-state index in [0.29, 0.717) is 35.1 Å². The second-order valence-electron chi connectivity index (χ2n) is 8.93. The highest BCUT2D eigenvalue weighted by atomic mass is 32.1. The molecule has 1 heterocycles. The van der Waals surface area contributed by atoms with E-state index < -0.39 is 23.8 Å². The highest BCUT2D eigenvalue weighted by molar-refractivity contribution is 7.09. The molecule has 4 rings (SSSR count). The Morgan fingerprint density at radius 1 is 0.952 bits per heavy atom. The fourth-order valence-electron chi connectivity index (χ4n) is 4.36. The van der Waals surface area contributed by atoms with E-state index in [9.17, 15) is 14.4 Å². The number of nitrogen functional groups attached to an aromatic ring is 1. The molecule has 12 heteroatoms. The van der Waals surface area contributed by atoms with Gasteiger partial charge in [-0.25, -0.2) is 0 Å². The number of aromatic nitrogens is 1. The molecule has 0 fully saturated rings. The summed E-state index contributed by atoms with van der Waals surface area (Å²) in [6, 6.07) is 19.9. The third-order valence-electron chi connectivity index (χ3n) is 6.34. The van der Waals surface area contributed by atoms with Gasteiger partial charge in [-0.05, 0) is 53.8 Å². The zero-order valence-corrected chi connectivity index (χ0v) is 24.1. The maximum absolute atomic E-state index is 14.4. The van der Waals surface area contributed by atoms with Crippen LogP contribution in [0.4, 0.5) is 11.4 Å². The van der Waals surface area contributed by atoms with Crippen molar-refractivity contribution in [2.75, 3.05) is 31.5 Å². The van der Waals surface area contributed by atoms with Crippen molar-refractivity contribution in [3.63, 3.8) is 0 Å². The number of amides is 3. The second-order valence-corrected chi connectivity index (χ2v) is 9.71. The number of carbonyl (C=O) groups is 3.